The average Bonchev–Trinajstić information content (AvgIpc) is 3.12. The number of carbonyl (C=O) groups excluding carboxylic acids is 1. The molecule has 0 saturated carbocycles. The van der Waals surface area contributed by atoms with Gasteiger partial charge < -0.3 is 4.57 Å². The summed E-state index contributed by atoms with van der Waals surface area (Å²) in [5, 5.41) is 14.6. The fraction of sp³-hybridized carbons (Fsp3) is 0.158. The van der Waals surface area contributed by atoms with Crippen LogP contribution in [0.5, 0.6) is 0 Å². The van der Waals surface area contributed by atoms with Gasteiger partial charge in [0.15, 0.2) is 11.0 Å². The highest BCUT2D eigenvalue weighted by molar-refractivity contribution is 7.99. The third-order valence-electron chi connectivity index (χ3n) is 3.85. The first-order valence-electron chi connectivity index (χ1n) is 8.57. The Bertz CT molecular complexity index is 1020. The highest BCUT2D eigenvalue weighted by Crippen LogP contribution is 2.25. The van der Waals surface area contributed by atoms with Crippen molar-refractivity contribution in [3.05, 3.63) is 63.1 Å². The summed E-state index contributed by atoms with van der Waals surface area (Å²) in [7, 11) is 0. The average molecular weight is 469 g/mol. The second kappa shape index (κ2) is 10.1. The van der Waals surface area contributed by atoms with Gasteiger partial charge in [-0.2, -0.15) is 5.10 Å². The van der Waals surface area contributed by atoms with Gasteiger partial charge in [0.2, 0.25) is 0 Å². The van der Waals surface area contributed by atoms with E-state index in [1.165, 1.54) is 18.0 Å². The van der Waals surface area contributed by atoms with E-state index in [0.717, 1.165) is 11.4 Å². The summed E-state index contributed by atoms with van der Waals surface area (Å²) in [5.74, 6) is 0.568. The molecule has 1 heterocycles. The number of aromatic nitrogens is 3. The molecule has 2 aromatic carbocycles. The smallest absolute Gasteiger partial charge is 0.250 e. The number of hydrogen-bond acceptors (Lipinski definition) is 5. The minimum atomic E-state index is -0.284. The van der Waals surface area contributed by atoms with E-state index in [4.69, 9.17) is 34.8 Å². The van der Waals surface area contributed by atoms with Crippen LogP contribution in [-0.4, -0.2) is 32.6 Å². The van der Waals surface area contributed by atoms with Crippen molar-refractivity contribution in [2.24, 2.45) is 5.10 Å². The standard InChI is InChI=1S/C19H16Cl3N5OS/c1-2-27-18(12-6-8-13(20)9-7-12)25-26-19(27)29-11-17(28)24-23-10-14-15(21)4-3-5-16(14)22/h3-10H,2,11H2,1H3,(H,24,28)/b23-10+. The molecule has 0 unspecified atom stereocenters. The molecular formula is C19H16Cl3N5OS. The predicted molar refractivity (Wildman–Crippen MR) is 119 cm³/mol. The van der Waals surface area contributed by atoms with E-state index in [2.05, 4.69) is 20.7 Å². The van der Waals surface area contributed by atoms with Crippen LogP contribution in [0.25, 0.3) is 11.4 Å². The molecule has 0 radical (unpaired) electrons. The molecule has 10 heteroatoms. The van der Waals surface area contributed by atoms with Crippen LogP contribution in [-0.2, 0) is 11.3 Å². The summed E-state index contributed by atoms with van der Waals surface area (Å²) in [6.45, 7) is 2.66. The number of thioether (sulfide) groups is 1. The number of amides is 1. The van der Waals surface area contributed by atoms with Gasteiger partial charge in [0, 0.05) is 22.7 Å². The molecule has 0 aliphatic heterocycles. The van der Waals surface area contributed by atoms with Crippen molar-refractivity contribution in [1.29, 1.82) is 0 Å². The van der Waals surface area contributed by atoms with Crippen molar-refractivity contribution in [3.8, 4) is 11.4 Å². The molecular weight excluding hydrogens is 453 g/mol. The van der Waals surface area contributed by atoms with E-state index >= 15 is 0 Å². The van der Waals surface area contributed by atoms with E-state index < -0.39 is 0 Å². The number of hydrazone groups is 1. The predicted octanol–water partition coefficient (Wildman–Crippen LogP) is 5.17. The van der Waals surface area contributed by atoms with E-state index in [9.17, 15) is 4.79 Å². The molecule has 1 amide bonds. The number of carbonyl (C=O) groups is 1. The Morgan fingerprint density at radius 2 is 1.83 bits per heavy atom. The molecule has 0 atom stereocenters. The van der Waals surface area contributed by atoms with Crippen LogP contribution in [0.4, 0.5) is 0 Å². The molecule has 1 N–H and O–H groups in total. The third-order valence-corrected chi connectivity index (χ3v) is 5.73. The summed E-state index contributed by atoms with van der Waals surface area (Å²) in [6, 6.07) is 12.5. The maximum Gasteiger partial charge on any atom is 0.250 e. The zero-order valence-corrected chi connectivity index (χ0v) is 18.4. The van der Waals surface area contributed by atoms with Crippen LogP contribution < -0.4 is 5.43 Å². The Morgan fingerprint density at radius 1 is 1.14 bits per heavy atom. The van der Waals surface area contributed by atoms with Gasteiger partial charge in [-0.05, 0) is 43.3 Å². The highest BCUT2D eigenvalue weighted by Gasteiger charge is 2.14. The first-order valence-corrected chi connectivity index (χ1v) is 10.7. The van der Waals surface area contributed by atoms with Gasteiger partial charge in [-0.1, -0.05) is 52.6 Å². The van der Waals surface area contributed by atoms with Gasteiger partial charge in [-0.25, -0.2) is 5.43 Å². The van der Waals surface area contributed by atoms with Gasteiger partial charge in [0.25, 0.3) is 5.91 Å². The Kier molecular flexibility index (Phi) is 7.55. The lowest BCUT2D eigenvalue weighted by Gasteiger charge is -2.07. The molecule has 0 aliphatic carbocycles. The Hall–Kier alpha value is -2.06. The van der Waals surface area contributed by atoms with Crippen molar-refractivity contribution >= 4 is 58.7 Å². The van der Waals surface area contributed by atoms with Crippen molar-refractivity contribution in [1.82, 2.24) is 20.2 Å². The molecule has 0 saturated heterocycles. The third kappa shape index (κ3) is 5.51. The second-order valence-corrected chi connectivity index (χ2v) is 7.97. The fourth-order valence-corrected chi connectivity index (χ4v) is 3.87. The molecule has 3 aromatic rings. The van der Waals surface area contributed by atoms with Crippen LogP contribution in [0.15, 0.2) is 52.7 Å². The molecule has 150 valence electrons. The maximum atomic E-state index is 12.1. The number of halogens is 3. The van der Waals surface area contributed by atoms with Crippen molar-refractivity contribution in [3.63, 3.8) is 0 Å². The summed E-state index contributed by atoms with van der Waals surface area (Å²) < 4.78 is 1.94. The molecule has 3 rings (SSSR count). The molecule has 0 aliphatic rings. The quantitative estimate of drug-likeness (QED) is 0.295. The zero-order valence-electron chi connectivity index (χ0n) is 15.3. The SMILES string of the molecule is CCn1c(SCC(=O)N/N=C/c2c(Cl)cccc2Cl)nnc1-c1ccc(Cl)cc1. The highest BCUT2D eigenvalue weighted by atomic mass is 35.5. The van der Waals surface area contributed by atoms with E-state index in [1.807, 2.05) is 23.6 Å². The normalized spacial score (nSPS) is 11.2. The number of hydrogen-bond donors (Lipinski definition) is 1. The summed E-state index contributed by atoms with van der Waals surface area (Å²) >= 11 is 19.3. The topological polar surface area (TPSA) is 72.2 Å². The number of nitrogens with zero attached hydrogens (tertiary/aromatic N) is 4. The lowest BCUT2D eigenvalue weighted by Crippen LogP contribution is -2.20. The first kappa shape index (κ1) is 21.6. The van der Waals surface area contributed by atoms with Crippen molar-refractivity contribution in [2.75, 3.05) is 5.75 Å². The molecule has 0 fully saturated rings. The second-order valence-electron chi connectivity index (χ2n) is 5.77. The van der Waals surface area contributed by atoms with Gasteiger partial charge >= 0.3 is 0 Å². The van der Waals surface area contributed by atoms with Crippen LogP contribution in [0.3, 0.4) is 0 Å². The monoisotopic (exact) mass is 467 g/mol. The largest absolute Gasteiger partial charge is 0.302 e. The van der Waals surface area contributed by atoms with Crippen molar-refractivity contribution < 1.29 is 4.79 Å². The molecule has 29 heavy (non-hydrogen) atoms. The first-order chi connectivity index (χ1) is 14.0. The lowest BCUT2D eigenvalue weighted by molar-refractivity contribution is -0.118. The van der Waals surface area contributed by atoms with Crippen LogP contribution in [0.1, 0.15) is 12.5 Å². The molecule has 0 spiro atoms. The molecule has 1 aromatic heterocycles. The zero-order chi connectivity index (χ0) is 20.8. The number of rotatable bonds is 7. The van der Waals surface area contributed by atoms with Crippen LogP contribution in [0, 0.1) is 0 Å². The van der Waals surface area contributed by atoms with E-state index in [-0.39, 0.29) is 11.7 Å². The Labute approximate surface area is 187 Å². The van der Waals surface area contributed by atoms with Crippen LogP contribution >= 0.6 is 46.6 Å². The van der Waals surface area contributed by atoms with E-state index in [0.29, 0.717) is 32.3 Å². The van der Waals surface area contributed by atoms with Gasteiger partial charge in [-0.15, -0.1) is 10.2 Å². The van der Waals surface area contributed by atoms with Crippen molar-refractivity contribution in [2.45, 2.75) is 18.6 Å². The molecule has 6 nitrogen and oxygen atoms in total. The number of benzene rings is 2. The lowest BCUT2D eigenvalue weighted by atomic mass is 10.2. The van der Waals surface area contributed by atoms with Gasteiger partial charge in [0.05, 0.1) is 22.0 Å². The number of nitrogens with one attached hydrogen (secondary N) is 1. The summed E-state index contributed by atoms with van der Waals surface area (Å²) in [5.41, 5.74) is 3.91. The molecule has 0 bridgehead atoms. The summed E-state index contributed by atoms with van der Waals surface area (Å²) in [4.78, 5) is 12.1. The van der Waals surface area contributed by atoms with Gasteiger partial charge in [-0.3, -0.25) is 4.79 Å². The minimum Gasteiger partial charge on any atom is -0.302 e. The van der Waals surface area contributed by atoms with Crippen LogP contribution in [0.2, 0.25) is 15.1 Å². The van der Waals surface area contributed by atoms with Gasteiger partial charge in [0.1, 0.15) is 0 Å². The Morgan fingerprint density at radius 3 is 2.48 bits per heavy atom. The minimum absolute atomic E-state index is 0.131. The maximum absolute atomic E-state index is 12.1. The van der Waals surface area contributed by atoms with E-state index in [1.54, 1.807) is 30.3 Å². The summed E-state index contributed by atoms with van der Waals surface area (Å²) in [6.07, 6.45) is 1.42. The Balaban J connectivity index is 1.62. The fourth-order valence-electron chi connectivity index (χ4n) is 2.46.